The Hall–Kier alpha value is -3.14. The number of ether oxygens (including phenoxy) is 1. The Morgan fingerprint density at radius 2 is 1.85 bits per heavy atom. The minimum Gasteiger partial charge on any atom is -0.406 e. The van der Waals surface area contributed by atoms with Crippen molar-refractivity contribution >= 4 is 37.4 Å². The van der Waals surface area contributed by atoms with Crippen LogP contribution in [-0.2, 0) is 21.2 Å². The molecule has 0 aliphatic carbocycles. The average Bonchev–Trinajstić information content (AvgIpc) is 3.15. The second-order valence-corrected chi connectivity index (χ2v) is 9.48. The van der Waals surface area contributed by atoms with E-state index >= 15 is 0 Å². The molecular weight excluding hydrogens is 479 g/mol. The first-order valence-corrected chi connectivity index (χ1v) is 11.9. The van der Waals surface area contributed by atoms with Crippen LogP contribution >= 0.6 is 11.3 Å². The molecule has 0 saturated heterocycles. The number of nitrogens with zero attached hydrogens (tertiary/aromatic N) is 1. The molecule has 1 aromatic heterocycles. The number of sulfonamides is 1. The normalized spacial score (nSPS) is 12.8. The molecule has 0 aliphatic rings. The van der Waals surface area contributed by atoms with Crippen molar-refractivity contribution < 1.29 is 31.1 Å². The van der Waals surface area contributed by atoms with Gasteiger partial charge in [-0.15, -0.1) is 24.5 Å². The number of rotatable bonds is 9. The molecule has 0 spiro atoms. The van der Waals surface area contributed by atoms with Crippen LogP contribution in [0.4, 0.5) is 13.2 Å². The topological polar surface area (TPSA) is 108 Å². The molecule has 3 rings (SSSR count). The molecule has 0 fully saturated rings. The van der Waals surface area contributed by atoms with Crippen molar-refractivity contribution in [3.63, 3.8) is 0 Å². The minimum atomic E-state index is -4.91. The summed E-state index contributed by atoms with van der Waals surface area (Å²) in [5.74, 6) is -1.20. The molecule has 12 heteroatoms. The van der Waals surface area contributed by atoms with E-state index in [4.69, 9.17) is 5.26 Å². The number of hydrogen-bond acceptors (Lipinski definition) is 6. The van der Waals surface area contributed by atoms with E-state index in [1.54, 1.807) is 0 Å². The zero-order valence-electron chi connectivity index (χ0n) is 16.9. The van der Waals surface area contributed by atoms with Crippen molar-refractivity contribution in [3.8, 4) is 11.8 Å². The Morgan fingerprint density at radius 1 is 1.15 bits per heavy atom. The van der Waals surface area contributed by atoms with Crippen LogP contribution in [0.15, 0.2) is 58.8 Å². The number of carbonyl (C=O) groups is 1. The summed E-state index contributed by atoms with van der Waals surface area (Å²) >= 11 is 1.45. The van der Waals surface area contributed by atoms with Crippen molar-refractivity contribution in [2.24, 2.45) is 0 Å². The molecule has 0 radical (unpaired) electrons. The second kappa shape index (κ2) is 10.2. The van der Waals surface area contributed by atoms with Gasteiger partial charge < -0.3 is 10.1 Å². The summed E-state index contributed by atoms with van der Waals surface area (Å²) in [6.07, 6.45) is -4.82. The maximum absolute atomic E-state index is 12.9. The van der Waals surface area contributed by atoms with Gasteiger partial charge in [-0.1, -0.05) is 18.2 Å². The molecule has 3 aromatic rings. The van der Waals surface area contributed by atoms with Gasteiger partial charge in [0.05, 0.1) is 17.4 Å². The summed E-state index contributed by atoms with van der Waals surface area (Å²) in [5, 5.41) is 13.9. The van der Waals surface area contributed by atoms with Gasteiger partial charge in [0.15, 0.2) is 0 Å². The smallest absolute Gasteiger partial charge is 0.406 e. The summed E-state index contributed by atoms with van der Waals surface area (Å²) in [7, 11) is -4.26. The van der Waals surface area contributed by atoms with Crippen molar-refractivity contribution in [2.75, 3.05) is 6.54 Å². The fourth-order valence-electron chi connectivity index (χ4n) is 3.04. The molecule has 174 valence electrons. The number of alkyl halides is 3. The number of thiophene rings is 1. The van der Waals surface area contributed by atoms with Crippen LogP contribution < -0.4 is 14.8 Å². The predicted octanol–water partition coefficient (Wildman–Crippen LogP) is 3.72. The first kappa shape index (κ1) is 24.5. The number of nitriles is 1. The lowest BCUT2D eigenvalue weighted by molar-refractivity contribution is -0.274. The molecule has 1 unspecified atom stereocenters. The lowest BCUT2D eigenvalue weighted by atomic mass is 10.1. The van der Waals surface area contributed by atoms with Crippen LogP contribution in [0.2, 0.25) is 0 Å². The average molecular weight is 498 g/mol. The highest BCUT2D eigenvalue weighted by Crippen LogP contribution is 2.27. The molecule has 0 saturated carbocycles. The van der Waals surface area contributed by atoms with Crippen LogP contribution in [0, 0.1) is 11.3 Å². The Balaban J connectivity index is 1.83. The fourth-order valence-corrected chi connectivity index (χ4v) is 5.21. The molecule has 1 atom stereocenters. The van der Waals surface area contributed by atoms with E-state index in [2.05, 4.69) is 14.8 Å². The van der Waals surface area contributed by atoms with E-state index in [-0.39, 0.29) is 24.3 Å². The third kappa shape index (κ3) is 6.67. The van der Waals surface area contributed by atoms with Crippen LogP contribution in [0.1, 0.15) is 12.0 Å². The van der Waals surface area contributed by atoms with Gasteiger partial charge in [0.25, 0.3) is 0 Å². The van der Waals surface area contributed by atoms with Gasteiger partial charge in [0.2, 0.25) is 15.9 Å². The maximum atomic E-state index is 12.9. The van der Waals surface area contributed by atoms with E-state index in [0.29, 0.717) is 0 Å². The molecule has 2 aromatic carbocycles. The van der Waals surface area contributed by atoms with E-state index < -0.39 is 34.1 Å². The molecule has 1 heterocycles. The summed E-state index contributed by atoms with van der Waals surface area (Å²) < 4.78 is 69.8. The van der Waals surface area contributed by atoms with Gasteiger partial charge in [-0.05, 0) is 53.1 Å². The quantitative estimate of drug-likeness (QED) is 0.438. The van der Waals surface area contributed by atoms with Gasteiger partial charge >= 0.3 is 6.36 Å². The number of carbonyl (C=O) groups excluding carboxylic acids is 1. The van der Waals surface area contributed by atoms with E-state index in [9.17, 15) is 26.4 Å². The van der Waals surface area contributed by atoms with Gasteiger partial charge in [0, 0.05) is 11.2 Å². The van der Waals surface area contributed by atoms with Crippen LogP contribution in [0.25, 0.3) is 10.1 Å². The number of halogens is 3. The highest BCUT2D eigenvalue weighted by atomic mass is 32.2. The molecule has 0 bridgehead atoms. The molecule has 33 heavy (non-hydrogen) atoms. The highest BCUT2D eigenvalue weighted by Gasteiger charge is 2.31. The van der Waals surface area contributed by atoms with E-state index in [0.717, 1.165) is 39.9 Å². The maximum Gasteiger partial charge on any atom is 0.573 e. The zero-order valence-corrected chi connectivity index (χ0v) is 18.6. The number of amides is 1. The highest BCUT2D eigenvalue weighted by molar-refractivity contribution is 7.89. The lowest BCUT2D eigenvalue weighted by Crippen LogP contribution is -2.48. The largest absolute Gasteiger partial charge is 0.573 e. The Morgan fingerprint density at radius 3 is 2.52 bits per heavy atom. The number of nitrogens with one attached hydrogen (secondary N) is 2. The Kier molecular flexibility index (Phi) is 7.57. The summed E-state index contributed by atoms with van der Waals surface area (Å²) in [5.41, 5.74) is 0.757. The first-order valence-electron chi connectivity index (χ1n) is 9.57. The van der Waals surface area contributed by atoms with E-state index in [1.165, 1.54) is 11.3 Å². The Bertz CT molecular complexity index is 1270. The third-order valence-electron chi connectivity index (χ3n) is 4.50. The Labute approximate surface area is 191 Å². The number of hydrogen-bond donors (Lipinski definition) is 2. The van der Waals surface area contributed by atoms with E-state index in [1.807, 2.05) is 35.7 Å². The van der Waals surface area contributed by atoms with Gasteiger partial charge in [0.1, 0.15) is 11.8 Å². The molecule has 1 amide bonds. The fraction of sp³-hybridized carbons (Fsp3) is 0.238. The second-order valence-electron chi connectivity index (χ2n) is 6.85. The van der Waals surface area contributed by atoms with Crippen LogP contribution in [-0.4, -0.2) is 33.3 Å². The standard InChI is InChI=1S/C21H18F3N3O4S2/c22-21(23,24)31-15-6-8-16(9-7-15)33(29,30)27-18(20(28)26-11-3-10-25)12-14-13-32-19-5-2-1-4-17(14)19/h1-2,4-9,13,18,27H,3,11-12H2,(H,26,28). The molecule has 2 N–H and O–H groups in total. The first-order chi connectivity index (χ1) is 15.6. The number of benzene rings is 2. The van der Waals surface area contributed by atoms with Crippen molar-refractivity contribution in [1.82, 2.24) is 10.0 Å². The molecular formula is C21H18F3N3O4S2. The third-order valence-corrected chi connectivity index (χ3v) is 7.00. The van der Waals surface area contributed by atoms with Gasteiger partial charge in [-0.3, -0.25) is 4.79 Å². The SMILES string of the molecule is N#CCCNC(=O)C(Cc1csc2ccccc12)NS(=O)(=O)c1ccc(OC(F)(F)F)cc1. The lowest BCUT2D eigenvalue weighted by Gasteiger charge is -2.18. The predicted molar refractivity (Wildman–Crippen MR) is 116 cm³/mol. The summed E-state index contributed by atoms with van der Waals surface area (Å²) in [6.45, 7) is 0.0431. The zero-order chi connectivity index (χ0) is 24.1. The van der Waals surface area contributed by atoms with Crippen molar-refractivity contribution in [2.45, 2.75) is 30.1 Å². The van der Waals surface area contributed by atoms with Crippen molar-refractivity contribution in [1.29, 1.82) is 5.26 Å². The summed E-state index contributed by atoms with van der Waals surface area (Å²) in [6, 6.07) is 11.8. The van der Waals surface area contributed by atoms with Crippen LogP contribution in [0.3, 0.4) is 0 Å². The molecule has 0 aliphatic heterocycles. The van der Waals surface area contributed by atoms with Crippen molar-refractivity contribution in [3.05, 3.63) is 59.5 Å². The van der Waals surface area contributed by atoms with Gasteiger partial charge in [-0.2, -0.15) is 9.98 Å². The molecule has 7 nitrogen and oxygen atoms in total. The minimum absolute atomic E-state index is 0.0386. The van der Waals surface area contributed by atoms with Crippen LogP contribution in [0.5, 0.6) is 5.75 Å². The number of fused-ring (bicyclic) bond motifs is 1. The van der Waals surface area contributed by atoms with Gasteiger partial charge in [-0.25, -0.2) is 8.42 Å². The summed E-state index contributed by atoms with van der Waals surface area (Å²) in [4.78, 5) is 12.4. The monoisotopic (exact) mass is 497 g/mol.